The average Bonchev–Trinajstić information content (AvgIpc) is 2.87. The summed E-state index contributed by atoms with van der Waals surface area (Å²) in [5.74, 6) is 0.888. The van der Waals surface area contributed by atoms with E-state index in [4.69, 9.17) is 9.47 Å². The number of nitrogens with zero attached hydrogens (tertiary/aromatic N) is 1. The number of methoxy groups -OCH3 is 2. The number of aryl methyl sites for hydroxylation is 2. The number of nitrogens with one attached hydrogen (secondary N) is 1. The highest BCUT2D eigenvalue weighted by molar-refractivity contribution is 7.89. The molecule has 0 bridgehead atoms. The second-order valence-electron chi connectivity index (χ2n) is 8.70. The maximum absolute atomic E-state index is 13.9. The van der Waals surface area contributed by atoms with Gasteiger partial charge in [-0.25, -0.2) is 8.42 Å². The van der Waals surface area contributed by atoms with Crippen molar-refractivity contribution in [1.29, 1.82) is 0 Å². The lowest BCUT2D eigenvalue weighted by Crippen LogP contribution is -2.52. The first kappa shape index (κ1) is 24.8. The van der Waals surface area contributed by atoms with E-state index >= 15 is 0 Å². The van der Waals surface area contributed by atoms with Gasteiger partial charge in [0.25, 0.3) is 0 Å². The molecule has 7 nitrogen and oxygen atoms in total. The maximum atomic E-state index is 13.9. The molecule has 1 aliphatic rings. The molecule has 1 aliphatic heterocycles. The summed E-state index contributed by atoms with van der Waals surface area (Å²) in [4.78, 5) is 13.7. The molecule has 0 aromatic heterocycles. The number of hydrogen-bond acceptors (Lipinski definition) is 5. The van der Waals surface area contributed by atoms with E-state index in [-0.39, 0.29) is 23.9 Å². The van der Waals surface area contributed by atoms with E-state index in [1.54, 1.807) is 51.5 Å². The molecule has 1 atom stereocenters. The number of amides is 1. The van der Waals surface area contributed by atoms with Crippen molar-refractivity contribution in [2.75, 3.05) is 14.2 Å². The summed E-state index contributed by atoms with van der Waals surface area (Å²) in [6.45, 7) is 3.94. The minimum atomic E-state index is -3.93. The number of carbonyl (C=O) groups excluding carboxylic acids is 1. The Hall–Kier alpha value is -3.36. The zero-order valence-electron chi connectivity index (χ0n) is 20.4. The van der Waals surface area contributed by atoms with Crippen LogP contribution in [-0.2, 0) is 34.3 Å². The van der Waals surface area contributed by atoms with Gasteiger partial charge in [-0.2, -0.15) is 4.31 Å². The molecule has 0 radical (unpaired) electrons. The number of rotatable bonds is 7. The van der Waals surface area contributed by atoms with Gasteiger partial charge < -0.3 is 14.8 Å². The third-order valence-electron chi connectivity index (χ3n) is 6.38. The molecule has 1 N–H and O–H groups in total. The van der Waals surface area contributed by atoms with Crippen LogP contribution in [-0.4, -0.2) is 38.9 Å². The minimum Gasteiger partial charge on any atom is -0.497 e. The summed E-state index contributed by atoms with van der Waals surface area (Å²) in [6.07, 6.45) is 0.293. The second kappa shape index (κ2) is 10.1. The van der Waals surface area contributed by atoms with E-state index in [0.29, 0.717) is 23.5 Å². The molecule has 4 rings (SSSR count). The van der Waals surface area contributed by atoms with Crippen LogP contribution in [0.1, 0.15) is 27.8 Å². The molecule has 3 aromatic rings. The third-order valence-corrected chi connectivity index (χ3v) is 8.38. The highest BCUT2D eigenvalue weighted by Crippen LogP contribution is 2.31. The van der Waals surface area contributed by atoms with Crippen molar-refractivity contribution in [3.8, 4) is 11.5 Å². The Labute approximate surface area is 206 Å². The van der Waals surface area contributed by atoms with E-state index in [2.05, 4.69) is 5.32 Å². The quantitative estimate of drug-likeness (QED) is 0.541. The third kappa shape index (κ3) is 5.04. The largest absolute Gasteiger partial charge is 0.497 e. The van der Waals surface area contributed by atoms with Crippen molar-refractivity contribution in [3.63, 3.8) is 0 Å². The summed E-state index contributed by atoms with van der Waals surface area (Å²) in [6, 6.07) is 17.5. The fourth-order valence-corrected chi connectivity index (χ4v) is 6.28. The summed E-state index contributed by atoms with van der Waals surface area (Å²) in [7, 11) is -0.802. The topological polar surface area (TPSA) is 84.9 Å². The van der Waals surface area contributed by atoms with Crippen LogP contribution in [0.4, 0.5) is 0 Å². The van der Waals surface area contributed by atoms with Crippen LogP contribution >= 0.6 is 0 Å². The van der Waals surface area contributed by atoms with E-state index in [1.807, 2.05) is 37.3 Å². The van der Waals surface area contributed by atoms with Crippen molar-refractivity contribution in [1.82, 2.24) is 9.62 Å². The predicted octanol–water partition coefficient (Wildman–Crippen LogP) is 3.75. The standard InChI is InChI=1S/C27H30N2O5S/c1-18-9-10-19(2)26(13-18)35(31,32)29-17-21-8-6-5-7-20(21)15-24(29)27(30)28-16-22-14-23(33-3)11-12-25(22)34-4/h5-14,24H,15-17H2,1-4H3,(H,28,30)/t24-/m0/s1. The van der Waals surface area contributed by atoms with Gasteiger partial charge in [0.05, 0.1) is 19.1 Å². The van der Waals surface area contributed by atoms with Crippen molar-refractivity contribution in [2.45, 2.75) is 44.3 Å². The van der Waals surface area contributed by atoms with Gasteiger partial charge in [-0.05, 0) is 66.8 Å². The molecule has 1 amide bonds. The van der Waals surface area contributed by atoms with Crippen LogP contribution in [0.25, 0.3) is 0 Å². The lowest BCUT2D eigenvalue weighted by atomic mass is 9.95. The molecule has 0 fully saturated rings. The molecular formula is C27H30N2O5S. The normalized spacial score (nSPS) is 15.8. The summed E-state index contributed by atoms with van der Waals surface area (Å²) >= 11 is 0. The van der Waals surface area contributed by atoms with E-state index in [1.165, 1.54) is 4.31 Å². The molecular weight excluding hydrogens is 464 g/mol. The Morgan fingerprint density at radius 3 is 2.46 bits per heavy atom. The van der Waals surface area contributed by atoms with Crippen LogP contribution in [0.3, 0.4) is 0 Å². The van der Waals surface area contributed by atoms with Gasteiger partial charge >= 0.3 is 0 Å². The maximum Gasteiger partial charge on any atom is 0.244 e. The number of benzene rings is 3. The van der Waals surface area contributed by atoms with E-state index in [0.717, 1.165) is 22.3 Å². The van der Waals surface area contributed by atoms with Crippen LogP contribution in [0.15, 0.2) is 65.6 Å². The molecule has 3 aromatic carbocycles. The zero-order valence-corrected chi connectivity index (χ0v) is 21.2. The summed E-state index contributed by atoms with van der Waals surface area (Å²) in [5.41, 5.74) is 4.10. The average molecular weight is 495 g/mol. The molecule has 0 unspecified atom stereocenters. The molecule has 8 heteroatoms. The number of hydrogen-bond donors (Lipinski definition) is 1. The number of ether oxygens (including phenoxy) is 2. The summed E-state index contributed by atoms with van der Waals surface area (Å²) in [5, 5.41) is 2.92. The SMILES string of the molecule is COc1ccc(OC)c(CNC(=O)[C@@H]2Cc3ccccc3CN2S(=O)(=O)c2cc(C)ccc2C)c1. The molecule has 1 heterocycles. The zero-order chi connectivity index (χ0) is 25.2. The number of sulfonamides is 1. The lowest BCUT2D eigenvalue weighted by molar-refractivity contribution is -0.125. The smallest absolute Gasteiger partial charge is 0.244 e. The first-order chi connectivity index (χ1) is 16.7. The van der Waals surface area contributed by atoms with Crippen LogP contribution in [0.5, 0.6) is 11.5 Å². The van der Waals surface area contributed by atoms with Gasteiger partial charge in [-0.3, -0.25) is 4.79 Å². The van der Waals surface area contributed by atoms with Gasteiger partial charge in [0, 0.05) is 18.7 Å². The Morgan fingerprint density at radius 1 is 1.00 bits per heavy atom. The van der Waals surface area contributed by atoms with Crippen molar-refractivity contribution >= 4 is 15.9 Å². The highest BCUT2D eigenvalue weighted by atomic mass is 32.2. The van der Waals surface area contributed by atoms with Crippen molar-refractivity contribution < 1.29 is 22.7 Å². The summed E-state index contributed by atoms with van der Waals surface area (Å²) < 4.78 is 39.7. The Morgan fingerprint density at radius 2 is 1.74 bits per heavy atom. The monoisotopic (exact) mass is 494 g/mol. The van der Waals surface area contributed by atoms with Gasteiger partial charge in [-0.15, -0.1) is 0 Å². The minimum absolute atomic E-state index is 0.131. The van der Waals surface area contributed by atoms with Crippen molar-refractivity contribution in [2.24, 2.45) is 0 Å². The van der Waals surface area contributed by atoms with Crippen LogP contribution < -0.4 is 14.8 Å². The van der Waals surface area contributed by atoms with Gasteiger partial charge in [0.15, 0.2) is 0 Å². The molecule has 35 heavy (non-hydrogen) atoms. The molecule has 0 spiro atoms. The first-order valence-electron chi connectivity index (χ1n) is 11.4. The second-order valence-corrected chi connectivity index (χ2v) is 10.6. The first-order valence-corrected chi connectivity index (χ1v) is 12.8. The fraction of sp³-hybridized carbons (Fsp3) is 0.296. The Kier molecular flexibility index (Phi) is 7.14. The van der Waals surface area contributed by atoms with Crippen LogP contribution in [0.2, 0.25) is 0 Å². The van der Waals surface area contributed by atoms with Crippen molar-refractivity contribution in [3.05, 3.63) is 88.5 Å². The highest BCUT2D eigenvalue weighted by Gasteiger charge is 2.40. The number of fused-ring (bicyclic) bond motifs is 1. The van der Waals surface area contributed by atoms with E-state index < -0.39 is 16.1 Å². The lowest BCUT2D eigenvalue weighted by Gasteiger charge is -2.35. The molecule has 184 valence electrons. The van der Waals surface area contributed by atoms with Gasteiger partial charge in [0.2, 0.25) is 15.9 Å². The fourth-order valence-electron chi connectivity index (χ4n) is 4.41. The van der Waals surface area contributed by atoms with Crippen LogP contribution in [0, 0.1) is 13.8 Å². The van der Waals surface area contributed by atoms with Gasteiger partial charge in [-0.1, -0.05) is 36.4 Å². The predicted molar refractivity (Wildman–Crippen MR) is 134 cm³/mol. The molecule has 0 saturated carbocycles. The van der Waals surface area contributed by atoms with E-state index in [9.17, 15) is 13.2 Å². The molecule has 0 saturated heterocycles. The molecule has 0 aliphatic carbocycles. The number of carbonyl (C=O) groups is 1. The Balaban J connectivity index is 1.67. The Bertz CT molecular complexity index is 1350. The van der Waals surface area contributed by atoms with Gasteiger partial charge in [0.1, 0.15) is 17.5 Å².